The molecule has 0 heterocycles. The lowest BCUT2D eigenvalue weighted by Crippen LogP contribution is -2.50. The number of urea groups is 1. The van der Waals surface area contributed by atoms with Crippen LogP contribution in [-0.2, 0) is 0 Å². The minimum atomic E-state index is -0.126. The van der Waals surface area contributed by atoms with Gasteiger partial charge in [-0.25, -0.2) is 4.79 Å². The van der Waals surface area contributed by atoms with Crippen LogP contribution in [0.1, 0.15) is 46.0 Å². The van der Waals surface area contributed by atoms with Crippen molar-refractivity contribution >= 4 is 6.03 Å². The van der Waals surface area contributed by atoms with Crippen molar-refractivity contribution in [1.82, 2.24) is 10.2 Å². The standard InChI is InChI=1S/C13H26N2O2/c1-4-11-7-5-6-8-12(11)14-13(17)15(3)10(2)9-16/h10-12,16H,4-9H2,1-3H3,(H,14,17). The lowest BCUT2D eigenvalue weighted by atomic mass is 9.83. The van der Waals surface area contributed by atoms with E-state index in [1.165, 1.54) is 19.3 Å². The summed E-state index contributed by atoms with van der Waals surface area (Å²) in [5, 5.41) is 12.1. The molecule has 0 bridgehead atoms. The van der Waals surface area contributed by atoms with Crippen LogP contribution >= 0.6 is 0 Å². The Morgan fingerprint density at radius 1 is 1.47 bits per heavy atom. The van der Waals surface area contributed by atoms with Gasteiger partial charge in [-0.2, -0.15) is 0 Å². The van der Waals surface area contributed by atoms with Crippen molar-refractivity contribution in [2.45, 2.75) is 58.0 Å². The molecule has 0 saturated heterocycles. The van der Waals surface area contributed by atoms with E-state index in [0.29, 0.717) is 12.0 Å². The lowest BCUT2D eigenvalue weighted by Gasteiger charge is -2.34. The van der Waals surface area contributed by atoms with E-state index in [2.05, 4.69) is 12.2 Å². The van der Waals surface area contributed by atoms with Crippen molar-refractivity contribution in [2.24, 2.45) is 5.92 Å². The molecule has 1 fully saturated rings. The van der Waals surface area contributed by atoms with Crippen LogP contribution in [0.5, 0.6) is 0 Å². The number of rotatable bonds is 4. The zero-order valence-electron chi connectivity index (χ0n) is 11.3. The number of hydrogen-bond donors (Lipinski definition) is 2. The highest BCUT2D eigenvalue weighted by molar-refractivity contribution is 5.74. The van der Waals surface area contributed by atoms with Gasteiger partial charge in [-0.1, -0.05) is 26.2 Å². The zero-order chi connectivity index (χ0) is 12.8. The Bertz CT molecular complexity index is 246. The largest absolute Gasteiger partial charge is 0.394 e. The Hall–Kier alpha value is -0.770. The van der Waals surface area contributed by atoms with E-state index in [4.69, 9.17) is 5.11 Å². The first-order valence-electron chi connectivity index (χ1n) is 6.74. The molecular weight excluding hydrogens is 216 g/mol. The van der Waals surface area contributed by atoms with Crippen LogP contribution in [-0.4, -0.2) is 41.8 Å². The van der Waals surface area contributed by atoms with Crippen LogP contribution in [0.2, 0.25) is 0 Å². The second-order valence-corrected chi connectivity index (χ2v) is 5.15. The van der Waals surface area contributed by atoms with E-state index in [9.17, 15) is 4.79 Å². The maximum atomic E-state index is 12.0. The van der Waals surface area contributed by atoms with Crippen LogP contribution in [0.15, 0.2) is 0 Å². The summed E-state index contributed by atoms with van der Waals surface area (Å²) < 4.78 is 0. The van der Waals surface area contributed by atoms with Gasteiger partial charge in [0.05, 0.1) is 12.6 Å². The molecule has 2 N–H and O–H groups in total. The predicted molar refractivity (Wildman–Crippen MR) is 68.9 cm³/mol. The van der Waals surface area contributed by atoms with Gasteiger partial charge in [0.1, 0.15) is 0 Å². The van der Waals surface area contributed by atoms with E-state index in [-0.39, 0.29) is 18.7 Å². The molecule has 1 aliphatic carbocycles. The Balaban J connectivity index is 2.48. The second kappa shape index (κ2) is 6.84. The fraction of sp³-hybridized carbons (Fsp3) is 0.923. The average molecular weight is 242 g/mol. The zero-order valence-corrected chi connectivity index (χ0v) is 11.3. The lowest BCUT2D eigenvalue weighted by molar-refractivity contribution is 0.147. The van der Waals surface area contributed by atoms with Crippen LogP contribution in [0.3, 0.4) is 0 Å². The van der Waals surface area contributed by atoms with Crippen molar-refractivity contribution in [3.63, 3.8) is 0 Å². The highest BCUT2D eigenvalue weighted by Crippen LogP contribution is 2.26. The third-order valence-corrected chi connectivity index (χ3v) is 3.99. The third-order valence-electron chi connectivity index (χ3n) is 3.99. The van der Waals surface area contributed by atoms with Crippen molar-refractivity contribution in [1.29, 1.82) is 0 Å². The SMILES string of the molecule is CCC1CCCCC1NC(=O)N(C)C(C)CO. The number of likely N-dealkylation sites (N-methyl/N-ethyl adjacent to an activating group) is 1. The van der Waals surface area contributed by atoms with E-state index in [0.717, 1.165) is 12.8 Å². The van der Waals surface area contributed by atoms with Gasteiger partial charge in [0.2, 0.25) is 0 Å². The smallest absolute Gasteiger partial charge is 0.317 e. The minimum absolute atomic E-state index is 0.00575. The molecule has 1 saturated carbocycles. The first kappa shape index (κ1) is 14.3. The van der Waals surface area contributed by atoms with E-state index < -0.39 is 0 Å². The van der Waals surface area contributed by atoms with Gasteiger partial charge in [0, 0.05) is 13.1 Å². The number of carbonyl (C=O) groups excluding carboxylic acids is 1. The molecule has 0 aliphatic heterocycles. The van der Waals surface area contributed by atoms with Crippen molar-refractivity contribution in [3.05, 3.63) is 0 Å². The summed E-state index contributed by atoms with van der Waals surface area (Å²) in [4.78, 5) is 13.6. The fourth-order valence-electron chi connectivity index (χ4n) is 2.47. The molecule has 100 valence electrons. The average Bonchev–Trinajstić information content (AvgIpc) is 2.37. The molecule has 0 aromatic rings. The van der Waals surface area contributed by atoms with Crippen LogP contribution in [0, 0.1) is 5.92 Å². The van der Waals surface area contributed by atoms with Crippen molar-refractivity contribution < 1.29 is 9.90 Å². The Morgan fingerprint density at radius 2 is 2.12 bits per heavy atom. The van der Waals surface area contributed by atoms with E-state index in [1.807, 2.05) is 6.92 Å². The quantitative estimate of drug-likeness (QED) is 0.792. The number of amides is 2. The molecule has 0 aromatic carbocycles. The molecule has 0 aromatic heterocycles. The fourth-order valence-corrected chi connectivity index (χ4v) is 2.47. The molecule has 17 heavy (non-hydrogen) atoms. The number of aliphatic hydroxyl groups excluding tert-OH is 1. The van der Waals surface area contributed by atoms with Crippen LogP contribution < -0.4 is 5.32 Å². The van der Waals surface area contributed by atoms with E-state index >= 15 is 0 Å². The summed E-state index contributed by atoms with van der Waals surface area (Å²) in [6.45, 7) is 4.04. The topological polar surface area (TPSA) is 52.6 Å². The summed E-state index contributed by atoms with van der Waals surface area (Å²) in [6.07, 6.45) is 5.94. The molecule has 3 unspecified atom stereocenters. The van der Waals surface area contributed by atoms with Crippen molar-refractivity contribution in [2.75, 3.05) is 13.7 Å². The van der Waals surface area contributed by atoms with Gasteiger partial charge >= 0.3 is 6.03 Å². The van der Waals surface area contributed by atoms with Crippen molar-refractivity contribution in [3.8, 4) is 0 Å². The summed E-state index contributed by atoms with van der Waals surface area (Å²) in [5.74, 6) is 0.616. The maximum Gasteiger partial charge on any atom is 0.317 e. The Morgan fingerprint density at radius 3 is 2.71 bits per heavy atom. The molecule has 4 nitrogen and oxygen atoms in total. The molecule has 1 aliphatic rings. The molecule has 3 atom stereocenters. The minimum Gasteiger partial charge on any atom is -0.394 e. The molecule has 4 heteroatoms. The van der Waals surface area contributed by atoms with Gasteiger partial charge in [-0.3, -0.25) is 0 Å². The first-order valence-corrected chi connectivity index (χ1v) is 6.74. The molecule has 1 rings (SSSR count). The van der Waals surface area contributed by atoms with Crippen LogP contribution in [0.25, 0.3) is 0 Å². The van der Waals surface area contributed by atoms with Gasteiger partial charge < -0.3 is 15.3 Å². The normalized spacial score (nSPS) is 26.4. The van der Waals surface area contributed by atoms with Crippen LogP contribution in [0.4, 0.5) is 4.79 Å². The Kier molecular flexibility index (Phi) is 5.75. The number of aliphatic hydroxyl groups is 1. The van der Waals surface area contributed by atoms with Gasteiger partial charge in [-0.15, -0.1) is 0 Å². The van der Waals surface area contributed by atoms with Gasteiger partial charge in [0.25, 0.3) is 0 Å². The second-order valence-electron chi connectivity index (χ2n) is 5.15. The molecule has 0 radical (unpaired) electrons. The summed E-state index contributed by atoms with van der Waals surface area (Å²) in [5.41, 5.74) is 0. The summed E-state index contributed by atoms with van der Waals surface area (Å²) >= 11 is 0. The summed E-state index contributed by atoms with van der Waals surface area (Å²) in [7, 11) is 1.74. The number of nitrogens with one attached hydrogen (secondary N) is 1. The van der Waals surface area contributed by atoms with Gasteiger partial charge in [0.15, 0.2) is 0 Å². The molecular formula is C13H26N2O2. The van der Waals surface area contributed by atoms with E-state index in [1.54, 1.807) is 11.9 Å². The molecule has 2 amide bonds. The molecule has 0 spiro atoms. The first-order chi connectivity index (χ1) is 8.10. The highest BCUT2D eigenvalue weighted by atomic mass is 16.3. The third kappa shape index (κ3) is 3.87. The predicted octanol–water partition coefficient (Wildman–Crippen LogP) is 1.98. The number of carbonyl (C=O) groups is 1. The number of hydrogen-bond acceptors (Lipinski definition) is 2. The maximum absolute atomic E-state index is 12.0. The Labute approximate surface area is 104 Å². The number of nitrogens with zero attached hydrogens (tertiary/aromatic N) is 1. The monoisotopic (exact) mass is 242 g/mol. The van der Waals surface area contributed by atoms with Gasteiger partial charge in [-0.05, 0) is 25.7 Å². The summed E-state index contributed by atoms with van der Waals surface area (Å²) in [6, 6.07) is 0.130. The highest BCUT2D eigenvalue weighted by Gasteiger charge is 2.26.